The number of piperidine rings is 1. The molecule has 2 fully saturated rings. The minimum Gasteiger partial charge on any atom is -0.328 e. The van der Waals surface area contributed by atoms with Gasteiger partial charge in [-0.1, -0.05) is 19.9 Å². The molecule has 2 aliphatic rings. The summed E-state index contributed by atoms with van der Waals surface area (Å²) in [7, 11) is 0. The Kier molecular flexibility index (Phi) is 3.25. The van der Waals surface area contributed by atoms with E-state index in [2.05, 4.69) is 36.3 Å². The quantitative estimate of drug-likeness (QED) is 0.909. The van der Waals surface area contributed by atoms with Crippen LogP contribution in [0.2, 0.25) is 0 Å². The van der Waals surface area contributed by atoms with Crippen molar-refractivity contribution >= 4 is 11.3 Å². The van der Waals surface area contributed by atoms with Crippen molar-refractivity contribution in [3.63, 3.8) is 0 Å². The van der Waals surface area contributed by atoms with Crippen LogP contribution in [0.25, 0.3) is 0 Å². The van der Waals surface area contributed by atoms with Crippen LogP contribution in [0.1, 0.15) is 44.4 Å². The van der Waals surface area contributed by atoms with E-state index in [0.717, 1.165) is 12.1 Å². The third kappa shape index (κ3) is 2.24. The van der Waals surface area contributed by atoms with Crippen LogP contribution in [-0.2, 0) is 5.41 Å². The summed E-state index contributed by atoms with van der Waals surface area (Å²) in [5.41, 5.74) is 6.43. The molecule has 3 rings (SSSR count). The molecule has 0 aliphatic carbocycles. The smallest absolute Gasteiger partial charge is 0.0118 e. The number of nitrogens with zero attached hydrogens (tertiary/aromatic N) is 1. The number of hydrogen-bond acceptors (Lipinski definition) is 3. The Labute approximate surface area is 114 Å². The number of fused-ring (bicyclic) bond motifs is 2. The Balaban J connectivity index is 1.74. The van der Waals surface area contributed by atoms with Crippen LogP contribution in [0, 0.1) is 0 Å². The van der Waals surface area contributed by atoms with E-state index >= 15 is 0 Å². The van der Waals surface area contributed by atoms with E-state index in [0.29, 0.717) is 6.04 Å². The van der Waals surface area contributed by atoms with Gasteiger partial charge in [-0.05, 0) is 37.1 Å². The zero-order chi connectivity index (χ0) is 12.8. The van der Waals surface area contributed by atoms with Crippen molar-refractivity contribution in [1.29, 1.82) is 0 Å². The first-order valence-corrected chi connectivity index (χ1v) is 7.99. The molecule has 3 heterocycles. The van der Waals surface area contributed by atoms with Crippen LogP contribution >= 0.6 is 11.3 Å². The predicted molar refractivity (Wildman–Crippen MR) is 78.1 cm³/mol. The summed E-state index contributed by atoms with van der Waals surface area (Å²) in [6, 6.07) is 6.39. The van der Waals surface area contributed by atoms with Gasteiger partial charge < -0.3 is 5.73 Å². The zero-order valence-electron chi connectivity index (χ0n) is 11.4. The van der Waals surface area contributed by atoms with Gasteiger partial charge in [0.15, 0.2) is 0 Å². The second-order valence-corrected chi connectivity index (χ2v) is 7.60. The fourth-order valence-electron chi connectivity index (χ4n) is 3.77. The molecule has 100 valence electrons. The fourth-order valence-corrected chi connectivity index (χ4v) is 4.62. The van der Waals surface area contributed by atoms with Crippen molar-refractivity contribution in [2.24, 2.45) is 5.73 Å². The molecule has 2 saturated heterocycles. The molecule has 0 saturated carbocycles. The monoisotopic (exact) mass is 264 g/mol. The summed E-state index contributed by atoms with van der Waals surface area (Å²) in [6.45, 7) is 5.95. The zero-order valence-corrected chi connectivity index (χ0v) is 12.2. The maximum atomic E-state index is 6.15. The van der Waals surface area contributed by atoms with Gasteiger partial charge >= 0.3 is 0 Å². The van der Waals surface area contributed by atoms with Crippen molar-refractivity contribution in [1.82, 2.24) is 4.90 Å². The SMILES string of the molecule is CC(C)(CN1C2CCC1CC(N)C2)c1cccs1. The number of thiophene rings is 1. The van der Waals surface area contributed by atoms with E-state index in [-0.39, 0.29) is 5.41 Å². The molecule has 2 aliphatic heterocycles. The van der Waals surface area contributed by atoms with Gasteiger partial charge in [0.2, 0.25) is 0 Å². The van der Waals surface area contributed by atoms with Crippen molar-refractivity contribution in [2.45, 2.75) is 63.1 Å². The van der Waals surface area contributed by atoms with E-state index in [1.807, 2.05) is 11.3 Å². The maximum Gasteiger partial charge on any atom is 0.0118 e. The van der Waals surface area contributed by atoms with Crippen molar-refractivity contribution < 1.29 is 0 Å². The van der Waals surface area contributed by atoms with Crippen LogP contribution in [0.3, 0.4) is 0 Å². The van der Waals surface area contributed by atoms with Crippen LogP contribution in [-0.4, -0.2) is 29.6 Å². The molecule has 0 radical (unpaired) electrons. The average Bonchev–Trinajstić information content (AvgIpc) is 2.89. The molecule has 3 heteroatoms. The van der Waals surface area contributed by atoms with Gasteiger partial charge in [-0.3, -0.25) is 4.90 Å². The molecule has 2 unspecified atom stereocenters. The summed E-state index contributed by atoms with van der Waals surface area (Å²) >= 11 is 1.89. The van der Waals surface area contributed by atoms with Gasteiger partial charge in [0.1, 0.15) is 0 Å². The Morgan fingerprint density at radius 2 is 2.00 bits per heavy atom. The molecule has 1 aromatic heterocycles. The van der Waals surface area contributed by atoms with E-state index < -0.39 is 0 Å². The molecule has 2 nitrogen and oxygen atoms in total. The summed E-state index contributed by atoms with van der Waals surface area (Å²) in [5, 5.41) is 2.19. The number of nitrogens with two attached hydrogens (primary N) is 1. The normalized spacial score (nSPS) is 32.9. The van der Waals surface area contributed by atoms with E-state index in [1.54, 1.807) is 0 Å². The van der Waals surface area contributed by atoms with Gasteiger partial charge in [-0.2, -0.15) is 0 Å². The topological polar surface area (TPSA) is 29.3 Å². The first kappa shape index (κ1) is 12.6. The lowest BCUT2D eigenvalue weighted by atomic mass is 9.88. The molecular weight excluding hydrogens is 240 g/mol. The molecule has 1 aromatic rings. The van der Waals surface area contributed by atoms with E-state index in [9.17, 15) is 0 Å². The predicted octanol–water partition coefficient (Wildman–Crippen LogP) is 2.98. The first-order valence-electron chi connectivity index (χ1n) is 7.11. The van der Waals surface area contributed by atoms with Crippen molar-refractivity contribution in [3.05, 3.63) is 22.4 Å². The molecule has 2 N–H and O–H groups in total. The third-order valence-electron chi connectivity index (χ3n) is 4.69. The Morgan fingerprint density at radius 1 is 1.33 bits per heavy atom. The van der Waals surface area contributed by atoms with Crippen LogP contribution < -0.4 is 5.73 Å². The second-order valence-electron chi connectivity index (χ2n) is 6.65. The minimum atomic E-state index is 0.274. The lowest BCUT2D eigenvalue weighted by Gasteiger charge is -2.41. The lowest BCUT2D eigenvalue weighted by molar-refractivity contribution is 0.104. The molecule has 0 spiro atoms. The maximum absolute atomic E-state index is 6.15. The highest BCUT2D eigenvalue weighted by molar-refractivity contribution is 7.10. The fraction of sp³-hybridized carbons (Fsp3) is 0.733. The number of hydrogen-bond donors (Lipinski definition) is 1. The molecule has 0 amide bonds. The third-order valence-corrected chi connectivity index (χ3v) is 5.92. The van der Waals surface area contributed by atoms with Crippen LogP contribution in [0.15, 0.2) is 17.5 Å². The largest absolute Gasteiger partial charge is 0.328 e. The summed E-state index contributed by atoms with van der Waals surface area (Å²) in [6.07, 6.45) is 5.13. The highest BCUT2D eigenvalue weighted by Crippen LogP contribution is 2.38. The second kappa shape index (κ2) is 4.62. The number of rotatable bonds is 3. The summed E-state index contributed by atoms with van der Waals surface area (Å²) in [4.78, 5) is 4.26. The standard InChI is InChI=1S/C15H24N2S/c1-15(2,14-4-3-7-18-14)10-17-12-5-6-13(17)9-11(16)8-12/h3-4,7,11-13H,5-6,8-10,16H2,1-2H3. The minimum absolute atomic E-state index is 0.274. The highest BCUT2D eigenvalue weighted by atomic mass is 32.1. The molecule has 2 atom stereocenters. The van der Waals surface area contributed by atoms with Crippen LogP contribution in [0.5, 0.6) is 0 Å². The highest BCUT2D eigenvalue weighted by Gasteiger charge is 2.41. The van der Waals surface area contributed by atoms with Gasteiger partial charge in [0.25, 0.3) is 0 Å². The lowest BCUT2D eigenvalue weighted by Crippen LogP contribution is -2.51. The summed E-state index contributed by atoms with van der Waals surface area (Å²) in [5.74, 6) is 0. The van der Waals surface area contributed by atoms with E-state index in [4.69, 9.17) is 5.73 Å². The Hall–Kier alpha value is -0.380. The van der Waals surface area contributed by atoms with Gasteiger partial charge in [0, 0.05) is 35.0 Å². The average molecular weight is 264 g/mol. The Morgan fingerprint density at radius 3 is 2.56 bits per heavy atom. The van der Waals surface area contributed by atoms with Crippen molar-refractivity contribution in [2.75, 3.05) is 6.54 Å². The Bertz CT molecular complexity index is 385. The van der Waals surface area contributed by atoms with Crippen LogP contribution in [0.4, 0.5) is 0 Å². The summed E-state index contributed by atoms with van der Waals surface area (Å²) < 4.78 is 0. The van der Waals surface area contributed by atoms with Crippen molar-refractivity contribution in [3.8, 4) is 0 Å². The first-order chi connectivity index (χ1) is 8.56. The van der Waals surface area contributed by atoms with Gasteiger partial charge in [0.05, 0.1) is 0 Å². The van der Waals surface area contributed by atoms with Gasteiger partial charge in [-0.15, -0.1) is 11.3 Å². The molecular formula is C15H24N2S. The molecule has 0 aromatic carbocycles. The molecule has 18 heavy (non-hydrogen) atoms. The van der Waals surface area contributed by atoms with E-state index in [1.165, 1.54) is 37.1 Å². The van der Waals surface area contributed by atoms with Gasteiger partial charge in [-0.25, -0.2) is 0 Å². The molecule has 2 bridgehead atoms.